The molecule has 2 rings (SSSR count). The number of hydrogen-bond donors (Lipinski definition) is 1. The molecule has 4 nitrogen and oxygen atoms in total. The molecule has 0 radical (unpaired) electrons. The monoisotopic (exact) mass is 332 g/mol. The van der Waals surface area contributed by atoms with E-state index in [1.54, 1.807) is 4.90 Å². The Hall–Kier alpha value is -1.55. The number of anilines is 1. The van der Waals surface area contributed by atoms with Gasteiger partial charge in [0.25, 0.3) is 0 Å². The Morgan fingerprint density at radius 3 is 2.50 bits per heavy atom. The number of amides is 1. The van der Waals surface area contributed by atoms with Crippen LogP contribution in [0.3, 0.4) is 0 Å². The molecule has 1 amide bonds. The molecule has 0 aromatic heterocycles. The molecule has 134 valence electrons. The van der Waals surface area contributed by atoms with Crippen LogP contribution in [0.4, 0.5) is 10.5 Å². The highest BCUT2D eigenvalue weighted by Crippen LogP contribution is 2.41. The summed E-state index contributed by atoms with van der Waals surface area (Å²) in [5.41, 5.74) is 10.1. The first-order chi connectivity index (χ1) is 11.1. The standard InChI is InChI=1S/C20H32N2O2/c1-7-14-12-16-17(13-15(14)8-10-21)22(11-9-20(16,5)6)18(23)24-19(2,3)4/h12-13H,7-11,21H2,1-6H3. The molecule has 0 spiro atoms. The van der Waals surface area contributed by atoms with Crippen molar-refractivity contribution in [3.63, 3.8) is 0 Å². The van der Waals surface area contributed by atoms with Crippen LogP contribution in [0.2, 0.25) is 0 Å². The molecule has 1 aliphatic rings. The summed E-state index contributed by atoms with van der Waals surface area (Å²) < 4.78 is 5.62. The van der Waals surface area contributed by atoms with Gasteiger partial charge in [-0.15, -0.1) is 0 Å². The van der Waals surface area contributed by atoms with Gasteiger partial charge in [-0.3, -0.25) is 4.90 Å². The predicted octanol–water partition coefficient (Wildman–Crippen LogP) is 4.17. The number of ether oxygens (including phenoxy) is 1. The van der Waals surface area contributed by atoms with Gasteiger partial charge in [-0.1, -0.05) is 26.8 Å². The topological polar surface area (TPSA) is 55.6 Å². The highest BCUT2D eigenvalue weighted by molar-refractivity contribution is 5.90. The van der Waals surface area contributed by atoms with Crippen LogP contribution >= 0.6 is 0 Å². The Labute approximate surface area is 146 Å². The quantitative estimate of drug-likeness (QED) is 0.903. The van der Waals surface area contributed by atoms with Crippen molar-refractivity contribution >= 4 is 11.8 Å². The highest BCUT2D eigenvalue weighted by atomic mass is 16.6. The van der Waals surface area contributed by atoms with Crippen molar-refractivity contribution in [3.8, 4) is 0 Å². The van der Waals surface area contributed by atoms with Gasteiger partial charge in [0.2, 0.25) is 0 Å². The SMILES string of the molecule is CCc1cc2c(cc1CCN)N(C(=O)OC(C)(C)C)CCC2(C)C. The van der Waals surface area contributed by atoms with Gasteiger partial charge in [0.15, 0.2) is 0 Å². The molecule has 1 aliphatic heterocycles. The smallest absolute Gasteiger partial charge is 0.414 e. The van der Waals surface area contributed by atoms with Gasteiger partial charge in [0, 0.05) is 6.54 Å². The van der Waals surface area contributed by atoms with Crippen LogP contribution < -0.4 is 10.6 Å². The van der Waals surface area contributed by atoms with Gasteiger partial charge >= 0.3 is 6.09 Å². The minimum atomic E-state index is -0.492. The fraction of sp³-hybridized carbons (Fsp3) is 0.650. The van der Waals surface area contributed by atoms with E-state index >= 15 is 0 Å². The van der Waals surface area contributed by atoms with E-state index < -0.39 is 5.60 Å². The maximum absolute atomic E-state index is 12.7. The maximum atomic E-state index is 12.7. The lowest BCUT2D eigenvalue weighted by atomic mass is 9.76. The van der Waals surface area contributed by atoms with Gasteiger partial charge in [-0.25, -0.2) is 4.79 Å². The average molecular weight is 332 g/mol. The number of benzene rings is 1. The fourth-order valence-corrected chi connectivity index (χ4v) is 3.31. The van der Waals surface area contributed by atoms with Gasteiger partial charge in [0.1, 0.15) is 5.60 Å². The molecule has 0 bridgehead atoms. The minimum absolute atomic E-state index is 0.0546. The third kappa shape index (κ3) is 3.92. The van der Waals surface area contributed by atoms with Crippen LogP contribution in [-0.4, -0.2) is 24.8 Å². The molecule has 0 fully saturated rings. The summed E-state index contributed by atoms with van der Waals surface area (Å²) in [4.78, 5) is 14.5. The van der Waals surface area contributed by atoms with Crippen LogP contribution in [0.1, 0.15) is 64.7 Å². The number of aryl methyl sites for hydroxylation is 1. The number of rotatable bonds is 3. The van der Waals surface area contributed by atoms with E-state index in [1.165, 1.54) is 16.7 Å². The van der Waals surface area contributed by atoms with Crippen LogP contribution in [0, 0.1) is 0 Å². The van der Waals surface area contributed by atoms with Crippen molar-refractivity contribution in [2.75, 3.05) is 18.0 Å². The van der Waals surface area contributed by atoms with Crippen LogP contribution in [0.15, 0.2) is 12.1 Å². The molecule has 2 N–H and O–H groups in total. The van der Waals surface area contributed by atoms with Crippen molar-refractivity contribution in [1.82, 2.24) is 0 Å². The molecule has 0 atom stereocenters. The van der Waals surface area contributed by atoms with Crippen LogP contribution in [0.5, 0.6) is 0 Å². The van der Waals surface area contributed by atoms with E-state index in [4.69, 9.17) is 10.5 Å². The number of fused-ring (bicyclic) bond motifs is 1. The van der Waals surface area contributed by atoms with Crippen molar-refractivity contribution in [1.29, 1.82) is 0 Å². The van der Waals surface area contributed by atoms with Crippen molar-refractivity contribution in [2.24, 2.45) is 5.73 Å². The number of nitrogens with two attached hydrogens (primary N) is 1. The molecule has 0 aliphatic carbocycles. The number of hydrogen-bond acceptors (Lipinski definition) is 3. The lowest BCUT2D eigenvalue weighted by molar-refractivity contribution is 0.0574. The fourth-order valence-electron chi connectivity index (χ4n) is 3.31. The molecule has 4 heteroatoms. The summed E-state index contributed by atoms with van der Waals surface area (Å²) in [6.07, 6.45) is 2.48. The maximum Gasteiger partial charge on any atom is 0.414 e. The first-order valence-electron chi connectivity index (χ1n) is 8.96. The zero-order valence-electron chi connectivity index (χ0n) is 16.0. The summed E-state index contributed by atoms with van der Waals surface area (Å²) in [6.45, 7) is 13.7. The zero-order valence-corrected chi connectivity index (χ0v) is 16.0. The van der Waals surface area contributed by atoms with E-state index in [1.807, 2.05) is 20.8 Å². The Morgan fingerprint density at radius 1 is 1.29 bits per heavy atom. The Bertz CT molecular complexity index is 615. The summed E-state index contributed by atoms with van der Waals surface area (Å²) in [5.74, 6) is 0. The lowest BCUT2D eigenvalue weighted by Crippen LogP contribution is -2.43. The van der Waals surface area contributed by atoms with Crippen LogP contribution in [0.25, 0.3) is 0 Å². The molecule has 1 aromatic rings. The van der Waals surface area contributed by atoms with Crippen molar-refractivity contribution < 1.29 is 9.53 Å². The van der Waals surface area contributed by atoms with Gasteiger partial charge in [-0.05, 0) is 74.8 Å². The van der Waals surface area contributed by atoms with Gasteiger partial charge < -0.3 is 10.5 Å². The van der Waals surface area contributed by atoms with E-state index in [-0.39, 0.29) is 11.5 Å². The summed E-state index contributed by atoms with van der Waals surface area (Å²) in [6, 6.07) is 4.43. The summed E-state index contributed by atoms with van der Waals surface area (Å²) in [7, 11) is 0. The third-order valence-corrected chi connectivity index (χ3v) is 4.71. The Kier molecular flexibility index (Phi) is 5.28. The molecular weight excluding hydrogens is 300 g/mol. The van der Waals surface area contributed by atoms with E-state index in [0.717, 1.165) is 24.9 Å². The second-order valence-electron chi connectivity index (χ2n) is 8.30. The van der Waals surface area contributed by atoms with Crippen molar-refractivity contribution in [2.45, 2.75) is 71.8 Å². The third-order valence-electron chi connectivity index (χ3n) is 4.71. The molecule has 1 heterocycles. The summed E-state index contributed by atoms with van der Waals surface area (Å²) >= 11 is 0. The van der Waals surface area contributed by atoms with Crippen LogP contribution in [-0.2, 0) is 23.0 Å². The number of nitrogens with zero attached hydrogens (tertiary/aromatic N) is 1. The summed E-state index contributed by atoms with van der Waals surface area (Å²) in [5, 5.41) is 0. The molecule has 1 aromatic carbocycles. The van der Waals surface area contributed by atoms with E-state index in [9.17, 15) is 4.79 Å². The molecule has 0 saturated carbocycles. The lowest BCUT2D eigenvalue weighted by Gasteiger charge is -2.40. The van der Waals surface area contributed by atoms with E-state index in [0.29, 0.717) is 13.1 Å². The molecule has 0 unspecified atom stereocenters. The first kappa shape index (κ1) is 18.8. The predicted molar refractivity (Wildman–Crippen MR) is 99.8 cm³/mol. The number of carbonyl (C=O) groups is 1. The second-order valence-corrected chi connectivity index (χ2v) is 8.30. The largest absolute Gasteiger partial charge is 0.443 e. The molecular formula is C20H32N2O2. The normalized spacial score (nSPS) is 16.7. The molecule has 0 saturated heterocycles. The minimum Gasteiger partial charge on any atom is -0.443 e. The Morgan fingerprint density at radius 2 is 1.96 bits per heavy atom. The van der Waals surface area contributed by atoms with E-state index in [2.05, 4.69) is 32.9 Å². The van der Waals surface area contributed by atoms with Gasteiger partial charge in [-0.2, -0.15) is 0 Å². The Balaban J connectivity index is 2.51. The molecule has 24 heavy (non-hydrogen) atoms. The first-order valence-corrected chi connectivity index (χ1v) is 8.96. The van der Waals surface area contributed by atoms with Gasteiger partial charge in [0.05, 0.1) is 5.69 Å². The number of carbonyl (C=O) groups excluding carboxylic acids is 1. The average Bonchev–Trinajstić information content (AvgIpc) is 2.45. The zero-order chi connectivity index (χ0) is 18.1. The second kappa shape index (κ2) is 6.75. The highest BCUT2D eigenvalue weighted by Gasteiger charge is 2.36. The van der Waals surface area contributed by atoms with Crippen molar-refractivity contribution in [3.05, 3.63) is 28.8 Å².